The Labute approximate surface area is 113 Å². The Bertz CT molecular complexity index is 637. The summed E-state index contributed by atoms with van der Waals surface area (Å²) >= 11 is 5.96. The second-order valence-corrected chi connectivity index (χ2v) is 4.17. The maximum absolute atomic E-state index is 10.4. The Kier molecular flexibility index (Phi) is 3.82. The Balaban J connectivity index is 2.02. The van der Waals surface area contributed by atoms with E-state index < -0.39 is 4.92 Å². The van der Waals surface area contributed by atoms with E-state index >= 15 is 0 Å². The zero-order valence-corrected chi connectivity index (χ0v) is 10.7. The minimum absolute atomic E-state index is 0.289. The second-order valence-electron chi connectivity index (χ2n) is 3.77. The van der Waals surface area contributed by atoms with E-state index in [0.29, 0.717) is 10.7 Å². The fraction of sp³-hybridized carbons (Fsp3) is 0.0833. The van der Waals surface area contributed by atoms with Gasteiger partial charge in [0.25, 0.3) is 0 Å². The average molecular weight is 280 g/mol. The molecule has 0 aliphatic rings. The van der Waals surface area contributed by atoms with Crippen molar-refractivity contribution < 1.29 is 9.34 Å². The van der Waals surface area contributed by atoms with Crippen LogP contribution in [0.5, 0.6) is 0 Å². The van der Waals surface area contributed by atoms with Crippen LogP contribution in [0.1, 0.15) is 11.3 Å². The van der Waals surface area contributed by atoms with Crippen LogP contribution in [0.3, 0.4) is 0 Å². The summed E-state index contributed by atoms with van der Waals surface area (Å²) in [5.74, 6) is -0.0303. The van der Waals surface area contributed by atoms with Crippen LogP contribution in [-0.4, -0.2) is 11.1 Å². The van der Waals surface area contributed by atoms with Gasteiger partial charge >= 0.3 is 5.88 Å². The van der Waals surface area contributed by atoms with Gasteiger partial charge in [-0.15, -0.1) is 0 Å². The molecule has 6 nitrogen and oxygen atoms in total. The van der Waals surface area contributed by atoms with Gasteiger partial charge in [-0.1, -0.05) is 17.7 Å². The van der Waals surface area contributed by atoms with Crippen molar-refractivity contribution in [3.8, 4) is 0 Å². The predicted octanol–water partition coefficient (Wildman–Crippen LogP) is 3.60. The van der Waals surface area contributed by atoms with Crippen molar-refractivity contribution in [3.63, 3.8) is 0 Å². The van der Waals surface area contributed by atoms with E-state index in [0.717, 1.165) is 5.56 Å². The standard InChI is InChI=1S/C12H10ClN3O3/c1-8-2-3-9(6-11(8)13)15-14-7-10-4-5-12(19-10)16(17)18/h2-7,15H,1H3/b14-7+. The van der Waals surface area contributed by atoms with Gasteiger partial charge in [0.15, 0.2) is 5.76 Å². The van der Waals surface area contributed by atoms with Gasteiger partial charge in [0, 0.05) is 5.02 Å². The number of halogens is 1. The SMILES string of the molecule is Cc1ccc(N/N=C/c2ccc([N+](=O)[O-])o2)cc1Cl. The minimum atomic E-state index is -0.607. The number of furan rings is 1. The van der Waals surface area contributed by atoms with Crippen molar-refractivity contribution in [1.29, 1.82) is 0 Å². The van der Waals surface area contributed by atoms with E-state index in [1.807, 2.05) is 19.1 Å². The zero-order chi connectivity index (χ0) is 13.8. The summed E-state index contributed by atoms with van der Waals surface area (Å²) in [7, 11) is 0. The van der Waals surface area contributed by atoms with Gasteiger partial charge in [-0.05, 0) is 30.7 Å². The Morgan fingerprint density at radius 3 is 2.84 bits per heavy atom. The molecule has 1 heterocycles. The first-order valence-electron chi connectivity index (χ1n) is 5.36. The van der Waals surface area contributed by atoms with Crippen molar-refractivity contribution >= 4 is 29.4 Å². The quantitative estimate of drug-likeness (QED) is 0.527. The lowest BCUT2D eigenvalue weighted by molar-refractivity contribution is -0.402. The van der Waals surface area contributed by atoms with Gasteiger partial charge in [-0.3, -0.25) is 15.5 Å². The molecule has 2 rings (SSSR count). The normalized spacial score (nSPS) is 10.8. The Hall–Kier alpha value is -2.34. The summed E-state index contributed by atoms with van der Waals surface area (Å²) in [4.78, 5) is 9.81. The summed E-state index contributed by atoms with van der Waals surface area (Å²) in [5, 5.41) is 15.0. The van der Waals surface area contributed by atoms with E-state index in [9.17, 15) is 10.1 Å². The molecule has 19 heavy (non-hydrogen) atoms. The fourth-order valence-corrected chi connectivity index (χ4v) is 1.52. The van der Waals surface area contributed by atoms with Crippen molar-refractivity contribution in [2.45, 2.75) is 6.92 Å². The number of benzene rings is 1. The van der Waals surface area contributed by atoms with Crippen LogP contribution < -0.4 is 5.43 Å². The molecule has 0 saturated carbocycles. The third kappa shape index (κ3) is 3.32. The molecule has 1 aromatic carbocycles. The van der Waals surface area contributed by atoms with Crippen LogP contribution in [-0.2, 0) is 0 Å². The molecule has 0 spiro atoms. The van der Waals surface area contributed by atoms with Gasteiger partial charge in [-0.25, -0.2) is 0 Å². The molecule has 0 aliphatic carbocycles. The molecule has 0 amide bonds. The summed E-state index contributed by atoms with van der Waals surface area (Å²) in [6.45, 7) is 1.90. The summed E-state index contributed by atoms with van der Waals surface area (Å²) in [6, 6.07) is 8.15. The van der Waals surface area contributed by atoms with Gasteiger partial charge in [0.2, 0.25) is 0 Å². The van der Waals surface area contributed by atoms with Crippen molar-refractivity contribution in [2.24, 2.45) is 5.10 Å². The van der Waals surface area contributed by atoms with Crippen molar-refractivity contribution in [3.05, 3.63) is 56.8 Å². The lowest BCUT2D eigenvalue weighted by Gasteiger charge is -2.02. The van der Waals surface area contributed by atoms with Crippen LogP contribution in [0.15, 0.2) is 39.9 Å². The van der Waals surface area contributed by atoms with Gasteiger partial charge < -0.3 is 4.42 Å². The molecule has 0 atom stereocenters. The van der Waals surface area contributed by atoms with E-state index in [1.54, 1.807) is 6.07 Å². The number of hydrogen-bond acceptors (Lipinski definition) is 5. The van der Waals surface area contributed by atoms with Crippen LogP contribution in [0.2, 0.25) is 5.02 Å². The molecule has 1 aromatic heterocycles. The maximum Gasteiger partial charge on any atom is 0.433 e. The monoisotopic (exact) mass is 279 g/mol. The van der Waals surface area contributed by atoms with Crippen LogP contribution >= 0.6 is 11.6 Å². The third-order valence-corrected chi connectivity index (χ3v) is 2.76. The Morgan fingerprint density at radius 2 is 2.21 bits per heavy atom. The number of nitrogens with one attached hydrogen (secondary N) is 1. The summed E-state index contributed by atoms with van der Waals surface area (Å²) in [6.07, 6.45) is 1.35. The van der Waals surface area contributed by atoms with E-state index in [4.69, 9.17) is 16.0 Å². The highest BCUT2D eigenvalue weighted by Gasteiger charge is 2.10. The van der Waals surface area contributed by atoms with Gasteiger partial charge in [0.05, 0.1) is 18.0 Å². The molecule has 0 bridgehead atoms. The first-order valence-corrected chi connectivity index (χ1v) is 5.73. The average Bonchev–Trinajstić information content (AvgIpc) is 2.83. The zero-order valence-electron chi connectivity index (χ0n) is 9.96. The minimum Gasteiger partial charge on any atom is -0.400 e. The predicted molar refractivity (Wildman–Crippen MR) is 72.8 cm³/mol. The van der Waals surface area contributed by atoms with E-state index in [-0.39, 0.29) is 11.6 Å². The molecule has 0 unspecified atom stereocenters. The molecule has 2 aromatic rings. The number of hydrogen-bond donors (Lipinski definition) is 1. The first kappa shape index (κ1) is 13.1. The van der Waals surface area contributed by atoms with Gasteiger partial charge in [-0.2, -0.15) is 5.10 Å². The lowest BCUT2D eigenvalue weighted by Crippen LogP contribution is -1.90. The molecule has 0 fully saturated rings. The van der Waals surface area contributed by atoms with E-state index in [2.05, 4.69) is 10.5 Å². The smallest absolute Gasteiger partial charge is 0.400 e. The highest BCUT2D eigenvalue weighted by Crippen LogP contribution is 2.20. The number of nitrogens with zero attached hydrogens (tertiary/aromatic N) is 2. The third-order valence-electron chi connectivity index (χ3n) is 2.35. The lowest BCUT2D eigenvalue weighted by atomic mass is 10.2. The molecule has 1 N–H and O–H groups in total. The summed E-state index contributed by atoms with van der Waals surface area (Å²) < 4.78 is 4.91. The molecule has 0 radical (unpaired) electrons. The van der Waals surface area contributed by atoms with Crippen LogP contribution in [0.25, 0.3) is 0 Å². The molecule has 0 aliphatic heterocycles. The van der Waals surface area contributed by atoms with E-state index in [1.165, 1.54) is 18.3 Å². The summed E-state index contributed by atoms with van der Waals surface area (Å²) in [5.41, 5.74) is 4.44. The number of aryl methyl sites for hydroxylation is 1. The molecule has 0 saturated heterocycles. The van der Waals surface area contributed by atoms with Crippen molar-refractivity contribution in [2.75, 3.05) is 5.43 Å². The topological polar surface area (TPSA) is 80.7 Å². The van der Waals surface area contributed by atoms with Crippen LogP contribution in [0, 0.1) is 17.0 Å². The second kappa shape index (κ2) is 5.53. The highest BCUT2D eigenvalue weighted by molar-refractivity contribution is 6.31. The highest BCUT2D eigenvalue weighted by atomic mass is 35.5. The molecule has 98 valence electrons. The molecular formula is C12H10ClN3O3. The van der Waals surface area contributed by atoms with Gasteiger partial charge in [0.1, 0.15) is 4.92 Å². The van der Waals surface area contributed by atoms with Crippen molar-refractivity contribution in [1.82, 2.24) is 0 Å². The number of nitro groups is 1. The van der Waals surface area contributed by atoms with Crippen LogP contribution in [0.4, 0.5) is 11.6 Å². The largest absolute Gasteiger partial charge is 0.433 e. The Morgan fingerprint density at radius 1 is 1.42 bits per heavy atom. The fourth-order valence-electron chi connectivity index (χ4n) is 1.34. The number of rotatable bonds is 4. The number of anilines is 1. The molecule has 7 heteroatoms. The molecular weight excluding hydrogens is 270 g/mol. The maximum atomic E-state index is 10.4. The number of hydrazone groups is 1. The first-order chi connectivity index (χ1) is 9.06.